The maximum atomic E-state index is 13.5. The number of hydrogen-bond acceptors (Lipinski definition) is 4. The second kappa shape index (κ2) is 9.01. The molecule has 0 unspecified atom stereocenters. The Morgan fingerprint density at radius 2 is 1.69 bits per heavy atom. The van der Waals surface area contributed by atoms with Gasteiger partial charge in [0.05, 0.1) is 36.7 Å². The van der Waals surface area contributed by atoms with Crippen molar-refractivity contribution < 1.29 is 14.3 Å². The molecule has 0 radical (unpaired) electrons. The highest BCUT2D eigenvalue weighted by molar-refractivity contribution is 9.10. The Morgan fingerprint density at radius 3 is 2.38 bits per heavy atom. The van der Waals surface area contributed by atoms with Gasteiger partial charge in [-0.25, -0.2) is 4.98 Å². The van der Waals surface area contributed by atoms with Crippen molar-refractivity contribution in [2.24, 2.45) is 0 Å². The molecule has 0 bridgehead atoms. The molecule has 0 spiro atoms. The SMILES string of the molecule is COc1ccc(OC)c(NC(=O)c2cc(-c3ccc(Br)cc3)nc3c(C)cc(C)cc23)c1. The third-order valence-corrected chi connectivity index (χ3v) is 5.82. The molecule has 5 nitrogen and oxygen atoms in total. The van der Waals surface area contributed by atoms with Crippen LogP contribution in [-0.4, -0.2) is 25.1 Å². The molecule has 32 heavy (non-hydrogen) atoms. The van der Waals surface area contributed by atoms with Crippen LogP contribution in [0.1, 0.15) is 21.5 Å². The van der Waals surface area contributed by atoms with Crippen LogP contribution < -0.4 is 14.8 Å². The minimum Gasteiger partial charge on any atom is -0.497 e. The Morgan fingerprint density at radius 1 is 0.938 bits per heavy atom. The number of carbonyl (C=O) groups excluding carboxylic acids is 1. The second-order valence-electron chi connectivity index (χ2n) is 7.56. The number of rotatable bonds is 5. The van der Waals surface area contributed by atoms with Gasteiger partial charge >= 0.3 is 0 Å². The van der Waals surface area contributed by atoms with Gasteiger partial charge in [0.15, 0.2) is 0 Å². The molecule has 3 aromatic carbocycles. The van der Waals surface area contributed by atoms with Crippen LogP contribution in [0.3, 0.4) is 0 Å². The molecule has 1 N–H and O–H groups in total. The van der Waals surface area contributed by atoms with E-state index in [9.17, 15) is 4.79 Å². The Kier molecular flexibility index (Phi) is 6.15. The summed E-state index contributed by atoms with van der Waals surface area (Å²) in [7, 11) is 3.15. The number of halogens is 1. The smallest absolute Gasteiger partial charge is 0.256 e. The number of ether oxygens (including phenoxy) is 2. The van der Waals surface area contributed by atoms with Crippen LogP contribution in [0.5, 0.6) is 11.5 Å². The molecule has 4 rings (SSSR count). The Balaban J connectivity index is 1.87. The van der Waals surface area contributed by atoms with Gasteiger partial charge in [-0.2, -0.15) is 0 Å². The molecule has 4 aromatic rings. The topological polar surface area (TPSA) is 60.5 Å². The molecule has 0 aliphatic carbocycles. The number of carbonyl (C=O) groups is 1. The minimum atomic E-state index is -0.243. The molecule has 0 aliphatic rings. The fourth-order valence-corrected chi connectivity index (χ4v) is 4.00. The first kappa shape index (κ1) is 21.8. The van der Waals surface area contributed by atoms with Gasteiger partial charge in [0.2, 0.25) is 0 Å². The lowest BCUT2D eigenvalue weighted by atomic mass is 9.99. The highest BCUT2D eigenvalue weighted by Crippen LogP contribution is 2.32. The second-order valence-corrected chi connectivity index (χ2v) is 8.48. The Hall–Kier alpha value is -3.38. The summed E-state index contributed by atoms with van der Waals surface area (Å²) in [6.07, 6.45) is 0. The standard InChI is InChI=1S/C26H23BrN2O3/c1-15-11-16(2)25-20(12-15)21(14-22(28-25)17-5-7-18(27)8-6-17)26(30)29-23-13-19(31-3)9-10-24(23)32-4/h5-14H,1-4H3,(H,29,30). The van der Waals surface area contributed by atoms with Crippen molar-refractivity contribution in [2.75, 3.05) is 19.5 Å². The summed E-state index contributed by atoms with van der Waals surface area (Å²) in [6.45, 7) is 4.03. The highest BCUT2D eigenvalue weighted by Gasteiger charge is 2.18. The van der Waals surface area contributed by atoms with Gasteiger partial charge in [0.1, 0.15) is 11.5 Å². The average molecular weight is 491 g/mol. The summed E-state index contributed by atoms with van der Waals surface area (Å²) < 4.78 is 11.7. The fourth-order valence-electron chi connectivity index (χ4n) is 3.74. The van der Waals surface area contributed by atoms with E-state index in [0.717, 1.165) is 37.8 Å². The number of nitrogens with one attached hydrogen (secondary N) is 1. The van der Waals surface area contributed by atoms with E-state index in [0.29, 0.717) is 22.7 Å². The van der Waals surface area contributed by atoms with Crippen molar-refractivity contribution in [1.29, 1.82) is 0 Å². The number of fused-ring (bicyclic) bond motifs is 1. The zero-order chi connectivity index (χ0) is 22.8. The van der Waals surface area contributed by atoms with Crippen LogP contribution in [0.2, 0.25) is 0 Å². The first-order chi connectivity index (χ1) is 15.4. The molecule has 0 saturated heterocycles. The summed E-state index contributed by atoms with van der Waals surface area (Å²) in [5.41, 5.74) is 5.65. The van der Waals surface area contributed by atoms with E-state index >= 15 is 0 Å². The first-order valence-electron chi connectivity index (χ1n) is 10.1. The van der Waals surface area contributed by atoms with Crippen molar-refractivity contribution in [2.45, 2.75) is 13.8 Å². The van der Waals surface area contributed by atoms with E-state index < -0.39 is 0 Å². The molecular weight excluding hydrogens is 468 g/mol. The van der Waals surface area contributed by atoms with E-state index in [1.165, 1.54) is 0 Å². The van der Waals surface area contributed by atoms with Crippen LogP contribution in [0.4, 0.5) is 5.69 Å². The van der Waals surface area contributed by atoms with Crippen molar-refractivity contribution in [3.8, 4) is 22.8 Å². The van der Waals surface area contributed by atoms with Gasteiger partial charge in [-0.05, 0) is 55.8 Å². The number of aromatic nitrogens is 1. The molecule has 1 aromatic heterocycles. The fraction of sp³-hybridized carbons (Fsp3) is 0.154. The maximum Gasteiger partial charge on any atom is 0.256 e. The zero-order valence-corrected chi connectivity index (χ0v) is 19.9. The largest absolute Gasteiger partial charge is 0.497 e. The summed E-state index contributed by atoms with van der Waals surface area (Å²) >= 11 is 3.47. The molecule has 1 amide bonds. The number of hydrogen-bond donors (Lipinski definition) is 1. The van der Waals surface area contributed by atoms with Crippen LogP contribution in [0.15, 0.2) is 65.1 Å². The zero-order valence-electron chi connectivity index (χ0n) is 18.3. The van der Waals surface area contributed by atoms with Crippen LogP contribution in [-0.2, 0) is 0 Å². The van der Waals surface area contributed by atoms with Crippen LogP contribution >= 0.6 is 15.9 Å². The normalized spacial score (nSPS) is 10.8. The number of methoxy groups -OCH3 is 2. The number of nitrogens with zero attached hydrogens (tertiary/aromatic N) is 1. The summed E-state index contributed by atoms with van der Waals surface area (Å²) in [6, 6.07) is 19.1. The lowest BCUT2D eigenvalue weighted by Gasteiger charge is -2.15. The third kappa shape index (κ3) is 4.32. The summed E-state index contributed by atoms with van der Waals surface area (Å²) in [5, 5.41) is 3.80. The summed E-state index contributed by atoms with van der Waals surface area (Å²) in [4.78, 5) is 18.4. The highest BCUT2D eigenvalue weighted by atomic mass is 79.9. The number of aryl methyl sites for hydroxylation is 2. The molecule has 0 fully saturated rings. The predicted molar refractivity (Wildman–Crippen MR) is 132 cm³/mol. The average Bonchev–Trinajstić information content (AvgIpc) is 2.79. The summed E-state index contributed by atoms with van der Waals surface area (Å²) in [5.74, 6) is 0.938. The molecule has 1 heterocycles. The van der Waals surface area contributed by atoms with Crippen LogP contribution in [0, 0.1) is 13.8 Å². The molecule has 6 heteroatoms. The number of benzene rings is 3. The molecule has 162 valence electrons. The van der Waals surface area contributed by atoms with Gasteiger partial charge in [-0.15, -0.1) is 0 Å². The lowest BCUT2D eigenvalue weighted by molar-refractivity contribution is 0.102. The van der Waals surface area contributed by atoms with Gasteiger partial charge < -0.3 is 14.8 Å². The van der Waals surface area contributed by atoms with E-state index in [1.54, 1.807) is 32.4 Å². The van der Waals surface area contributed by atoms with Gasteiger partial charge in [0.25, 0.3) is 5.91 Å². The molecular formula is C26H23BrN2O3. The van der Waals surface area contributed by atoms with Crippen molar-refractivity contribution in [1.82, 2.24) is 4.98 Å². The van der Waals surface area contributed by atoms with Crippen molar-refractivity contribution in [3.63, 3.8) is 0 Å². The molecule has 0 saturated carbocycles. The number of amides is 1. The monoisotopic (exact) mass is 490 g/mol. The van der Waals surface area contributed by atoms with E-state index in [1.807, 2.05) is 50.2 Å². The van der Waals surface area contributed by atoms with Crippen LogP contribution in [0.25, 0.3) is 22.2 Å². The lowest BCUT2D eigenvalue weighted by Crippen LogP contribution is -2.14. The van der Waals surface area contributed by atoms with Gasteiger partial charge in [0, 0.05) is 21.5 Å². The van der Waals surface area contributed by atoms with E-state index in [-0.39, 0.29) is 5.91 Å². The first-order valence-corrected chi connectivity index (χ1v) is 10.9. The maximum absolute atomic E-state index is 13.5. The Bertz CT molecular complexity index is 1320. The quantitative estimate of drug-likeness (QED) is 0.344. The number of pyridine rings is 1. The van der Waals surface area contributed by atoms with Crippen molar-refractivity contribution >= 4 is 38.4 Å². The van der Waals surface area contributed by atoms with E-state index in [2.05, 4.69) is 27.3 Å². The van der Waals surface area contributed by atoms with Gasteiger partial charge in [-0.1, -0.05) is 39.7 Å². The van der Waals surface area contributed by atoms with Gasteiger partial charge in [-0.3, -0.25) is 4.79 Å². The Labute approximate surface area is 195 Å². The van der Waals surface area contributed by atoms with E-state index in [4.69, 9.17) is 14.5 Å². The minimum absolute atomic E-state index is 0.243. The number of anilines is 1. The van der Waals surface area contributed by atoms with Crippen molar-refractivity contribution in [3.05, 3.63) is 81.8 Å². The molecule has 0 atom stereocenters. The molecule has 0 aliphatic heterocycles. The third-order valence-electron chi connectivity index (χ3n) is 5.29. The predicted octanol–water partition coefficient (Wildman–Crippen LogP) is 6.55.